The summed E-state index contributed by atoms with van der Waals surface area (Å²) in [5.41, 5.74) is 5.46. The van der Waals surface area contributed by atoms with Crippen LogP contribution >= 0.6 is 0 Å². The molecule has 0 saturated heterocycles. The van der Waals surface area contributed by atoms with Crippen LogP contribution in [0.15, 0.2) is 36.4 Å². The van der Waals surface area contributed by atoms with Crippen molar-refractivity contribution in [3.8, 4) is 0 Å². The van der Waals surface area contributed by atoms with Crippen molar-refractivity contribution >= 4 is 39.1 Å². The van der Waals surface area contributed by atoms with E-state index >= 15 is 0 Å². The Kier molecular flexibility index (Phi) is 2.84. The van der Waals surface area contributed by atoms with E-state index in [4.69, 9.17) is 10.1 Å². The average molecular weight is 305 g/mol. The van der Waals surface area contributed by atoms with Gasteiger partial charge in [-0.15, -0.1) is 0 Å². The number of rotatable bonds is 2. The van der Waals surface area contributed by atoms with Crippen LogP contribution in [0.1, 0.15) is 22.8 Å². The van der Waals surface area contributed by atoms with Gasteiger partial charge in [-0.05, 0) is 42.3 Å². The minimum atomic E-state index is -0.958. The van der Waals surface area contributed by atoms with E-state index < -0.39 is 5.97 Å². The lowest BCUT2D eigenvalue weighted by atomic mass is 10.1. The maximum atomic E-state index is 11.2. The van der Waals surface area contributed by atoms with E-state index in [1.165, 1.54) is 5.56 Å². The van der Waals surface area contributed by atoms with Crippen molar-refractivity contribution in [1.29, 1.82) is 0 Å². The fourth-order valence-electron chi connectivity index (χ4n) is 2.99. The van der Waals surface area contributed by atoms with Crippen LogP contribution in [0.5, 0.6) is 0 Å². The average Bonchev–Trinajstić information content (AvgIpc) is 2.84. The number of carboxylic acid groups (broad SMARTS) is 1. The summed E-state index contributed by atoms with van der Waals surface area (Å²) in [6.45, 7) is 2.12. The van der Waals surface area contributed by atoms with Crippen LogP contribution in [-0.2, 0) is 13.5 Å². The molecule has 0 aliphatic rings. The Morgan fingerprint density at radius 1 is 1.13 bits per heavy atom. The number of carbonyl (C=O) groups is 1. The summed E-state index contributed by atoms with van der Waals surface area (Å²) in [7, 11) is 1.97. The van der Waals surface area contributed by atoms with Crippen molar-refractivity contribution in [2.75, 3.05) is 0 Å². The third-order valence-electron chi connectivity index (χ3n) is 4.30. The Morgan fingerprint density at radius 3 is 2.70 bits per heavy atom. The van der Waals surface area contributed by atoms with Gasteiger partial charge in [-0.2, -0.15) is 0 Å². The summed E-state index contributed by atoms with van der Waals surface area (Å²) < 4.78 is 2.03. The smallest absolute Gasteiger partial charge is 0.335 e. The Morgan fingerprint density at radius 2 is 1.96 bits per heavy atom. The molecule has 0 aliphatic heterocycles. The molecule has 0 unspecified atom stereocenters. The molecule has 0 bridgehead atoms. The largest absolute Gasteiger partial charge is 0.478 e. The molecule has 0 radical (unpaired) electrons. The number of aromatic nitrogens is 3. The van der Waals surface area contributed by atoms with E-state index in [9.17, 15) is 4.79 Å². The highest BCUT2D eigenvalue weighted by molar-refractivity contribution is 6.07. The van der Waals surface area contributed by atoms with Gasteiger partial charge in [0.25, 0.3) is 0 Å². The number of hydrogen-bond donors (Lipinski definition) is 1. The molecule has 0 spiro atoms. The zero-order chi connectivity index (χ0) is 16.1. The standard InChI is InChI=1S/C18H15N3O2/c1-3-10-4-7-15-12(8-10)16-17(21(15)2)20-13-6-5-11(18(22)23)9-14(13)19-16/h4-9H,3H2,1-2H3,(H,22,23). The monoisotopic (exact) mass is 305 g/mol. The molecular formula is C18H15N3O2. The molecule has 0 aliphatic carbocycles. The number of aryl methyl sites for hydroxylation is 2. The fourth-order valence-corrected chi connectivity index (χ4v) is 2.99. The molecule has 5 heteroatoms. The number of aromatic carboxylic acids is 1. The van der Waals surface area contributed by atoms with E-state index in [1.54, 1.807) is 18.2 Å². The van der Waals surface area contributed by atoms with Crippen molar-refractivity contribution in [3.05, 3.63) is 47.5 Å². The minimum Gasteiger partial charge on any atom is -0.478 e. The van der Waals surface area contributed by atoms with Crippen LogP contribution in [0.4, 0.5) is 0 Å². The zero-order valence-electron chi connectivity index (χ0n) is 12.9. The Labute approximate surface area is 132 Å². The zero-order valence-corrected chi connectivity index (χ0v) is 12.9. The molecule has 5 nitrogen and oxygen atoms in total. The summed E-state index contributed by atoms with van der Waals surface area (Å²) in [4.78, 5) is 20.5. The van der Waals surface area contributed by atoms with Crippen molar-refractivity contribution in [2.45, 2.75) is 13.3 Å². The highest BCUT2D eigenvalue weighted by Gasteiger charge is 2.13. The van der Waals surface area contributed by atoms with Gasteiger partial charge in [-0.1, -0.05) is 13.0 Å². The quantitative estimate of drug-likeness (QED) is 0.615. The molecule has 0 atom stereocenters. The SMILES string of the molecule is CCc1ccc2c(c1)c1nc3cc(C(=O)O)ccc3nc1n2C. The van der Waals surface area contributed by atoms with Crippen LogP contribution in [0.2, 0.25) is 0 Å². The van der Waals surface area contributed by atoms with Gasteiger partial charge in [-0.25, -0.2) is 14.8 Å². The topological polar surface area (TPSA) is 68.0 Å². The maximum Gasteiger partial charge on any atom is 0.335 e. The molecule has 2 heterocycles. The van der Waals surface area contributed by atoms with E-state index in [2.05, 4.69) is 30.1 Å². The predicted octanol–water partition coefficient (Wildman–Crippen LogP) is 3.54. The van der Waals surface area contributed by atoms with Gasteiger partial charge in [0, 0.05) is 12.4 Å². The third-order valence-corrected chi connectivity index (χ3v) is 4.30. The summed E-state index contributed by atoms with van der Waals surface area (Å²) in [5.74, 6) is -0.958. The molecule has 2 aromatic heterocycles. The third kappa shape index (κ3) is 1.97. The van der Waals surface area contributed by atoms with E-state index in [0.29, 0.717) is 11.0 Å². The highest BCUT2D eigenvalue weighted by atomic mass is 16.4. The van der Waals surface area contributed by atoms with Crippen molar-refractivity contribution in [1.82, 2.24) is 14.5 Å². The van der Waals surface area contributed by atoms with Crippen LogP contribution in [0, 0.1) is 0 Å². The first-order valence-corrected chi connectivity index (χ1v) is 7.50. The van der Waals surface area contributed by atoms with Crippen molar-refractivity contribution in [3.63, 3.8) is 0 Å². The van der Waals surface area contributed by atoms with E-state index in [-0.39, 0.29) is 5.56 Å². The highest BCUT2D eigenvalue weighted by Crippen LogP contribution is 2.28. The van der Waals surface area contributed by atoms with Gasteiger partial charge < -0.3 is 9.67 Å². The first-order chi connectivity index (χ1) is 11.1. The maximum absolute atomic E-state index is 11.2. The first-order valence-electron chi connectivity index (χ1n) is 7.50. The Balaban J connectivity index is 2.13. The minimum absolute atomic E-state index is 0.223. The van der Waals surface area contributed by atoms with E-state index in [0.717, 1.165) is 28.5 Å². The molecule has 0 amide bonds. The molecule has 1 N–H and O–H groups in total. The number of fused-ring (bicyclic) bond motifs is 4. The van der Waals surface area contributed by atoms with Crippen LogP contribution in [0.3, 0.4) is 0 Å². The molecular weight excluding hydrogens is 290 g/mol. The van der Waals surface area contributed by atoms with Crippen molar-refractivity contribution in [2.24, 2.45) is 7.05 Å². The second-order valence-corrected chi connectivity index (χ2v) is 5.67. The number of carboxylic acids is 1. The number of benzene rings is 2. The van der Waals surface area contributed by atoms with Gasteiger partial charge in [0.2, 0.25) is 0 Å². The van der Waals surface area contributed by atoms with Gasteiger partial charge in [0.05, 0.1) is 22.1 Å². The summed E-state index contributed by atoms with van der Waals surface area (Å²) in [6.07, 6.45) is 0.955. The molecule has 4 rings (SSSR count). The molecule has 0 fully saturated rings. The van der Waals surface area contributed by atoms with Crippen LogP contribution in [-0.4, -0.2) is 25.6 Å². The summed E-state index contributed by atoms with van der Waals surface area (Å²) >= 11 is 0. The van der Waals surface area contributed by atoms with Crippen LogP contribution < -0.4 is 0 Å². The molecule has 4 aromatic rings. The molecule has 114 valence electrons. The second-order valence-electron chi connectivity index (χ2n) is 5.67. The number of hydrogen-bond acceptors (Lipinski definition) is 3. The second kappa shape index (κ2) is 4.78. The summed E-state index contributed by atoms with van der Waals surface area (Å²) in [5, 5.41) is 10.2. The summed E-state index contributed by atoms with van der Waals surface area (Å²) in [6, 6.07) is 11.2. The lowest BCUT2D eigenvalue weighted by Gasteiger charge is -2.01. The van der Waals surface area contributed by atoms with Crippen LogP contribution in [0.25, 0.3) is 33.1 Å². The normalized spacial score (nSPS) is 11.6. The molecule has 0 saturated carbocycles. The van der Waals surface area contributed by atoms with Gasteiger partial charge >= 0.3 is 5.97 Å². The fraction of sp³-hybridized carbons (Fsp3) is 0.167. The van der Waals surface area contributed by atoms with E-state index in [1.807, 2.05) is 11.6 Å². The van der Waals surface area contributed by atoms with Gasteiger partial charge in [-0.3, -0.25) is 0 Å². The van der Waals surface area contributed by atoms with Gasteiger partial charge in [0.1, 0.15) is 5.52 Å². The Hall–Kier alpha value is -2.95. The molecule has 2 aromatic carbocycles. The first kappa shape index (κ1) is 13.7. The van der Waals surface area contributed by atoms with Crippen molar-refractivity contribution < 1.29 is 9.90 Å². The lowest BCUT2D eigenvalue weighted by Crippen LogP contribution is -1.97. The lowest BCUT2D eigenvalue weighted by molar-refractivity contribution is 0.0697. The molecule has 23 heavy (non-hydrogen) atoms. The Bertz CT molecular complexity index is 1100. The predicted molar refractivity (Wildman–Crippen MR) is 89.9 cm³/mol. The van der Waals surface area contributed by atoms with Gasteiger partial charge in [0.15, 0.2) is 5.65 Å². The number of nitrogens with zero attached hydrogens (tertiary/aromatic N) is 3.